The lowest BCUT2D eigenvalue weighted by Gasteiger charge is -2.16. The second-order valence-electron chi connectivity index (χ2n) is 3.82. The van der Waals surface area contributed by atoms with Gasteiger partial charge in [-0.1, -0.05) is 22.0 Å². The zero-order valence-corrected chi connectivity index (χ0v) is 13.8. The second kappa shape index (κ2) is 7.10. The molecule has 110 valence electrons. The summed E-state index contributed by atoms with van der Waals surface area (Å²) in [7, 11) is 1.36. The molecule has 0 bridgehead atoms. The van der Waals surface area contributed by atoms with Gasteiger partial charge in [0.1, 0.15) is 10.6 Å². The summed E-state index contributed by atoms with van der Waals surface area (Å²) in [6, 6.07) is 4.33. The highest BCUT2D eigenvalue weighted by molar-refractivity contribution is 9.10. The standard InChI is InChI=1S/C12H13BrClNO4S/c1-3-6-15-12(16)8(2)19-10-5-4-9(13)7-11(10)20(14,17)18/h3-5,7-8H,1,6H2,2H3,(H,15,16). The Morgan fingerprint density at radius 3 is 2.80 bits per heavy atom. The smallest absolute Gasteiger partial charge is 0.265 e. The number of carbonyl (C=O) groups excluding carboxylic acids is 1. The Morgan fingerprint density at radius 1 is 1.60 bits per heavy atom. The van der Waals surface area contributed by atoms with Gasteiger partial charge in [0, 0.05) is 21.7 Å². The fraction of sp³-hybridized carbons (Fsp3) is 0.250. The molecule has 0 spiro atoms. The fourth-order valence-electron chi connectivity index (χ4n) is 1.33. The molecule has 1 aromatic carbocycles. The molecule has 1 unspecified atom stereocenters. The first kappa shape index (κ1) is 17.0. The van der Waals surface area contributed by atoms with Crippen LogP contribution in [0.15, 0.2) is 40.2 Å². The van der Waals surface area contributed by atoms with Crippen LogP contribution in [-0.2, 0) is 13.8 Å². The number of amides is 1. The molecule has 0 aliphatic heterocycles. The zero-order chi connectivity index (χ0) is 15.3. The van der Waals surface area contributed by atoms with Gasteiger partial charge in [0.2, 0.25) is 0 Å². The molecule has 0 saturated heterocycles. The highest BCUT2D eigenvalue weighted by Gasteiger charge is 2.21. The summed E-state index contributed by atoms with van der Waals surface area (Å²) in [5, 5.41) is 2.55. The topological polar surface area (TPSA) is 72.5 Å². The first-order valence-corrected chi connectivity index (χ1v) is 8.65. The van der Waals surface area contributed by atoms with E-state index in [9.17, 15) is 13.2 Å². The van der Waals surface area contributed by atoms with E-state index in [4.69, 9.17) is 15.4 Å². The van der Waals surface area contributed by atoms with Crippen molar-refractivity contribution in [2.75, 3.05) is 6.54 Å². The lowest BCUT2D eigenvalue weighted by atomic mass is 10.3. The Bertz CT molecular complexity index is 618. The molecule has 20 heavy (non-hydrogen) atoms. The van der Waals surface area contributed by atoms with Crippen molar-refractivity contribution in [2.45, 2.75) is 17.9 Å². The number of ether oxygens (including phenoxy) is 1. The fourth-order valence-corrected chi connectivity index (χ4v) is 2.83. The molecule has 1 N–H and O–H groups in total. The van der Waals surface area contributed by atoms with Crippen LogP contribution < -0.4 is 10.1 Å². The van der Waals surface area contributed by atoms with Crippen LogP contribution in [0.25, 0.3) is 0 Å². The van der Waals surface area contributed by atoms with Crippen molar-refractivity contribution in [3.8, 4) is 5.75 Å². The Hall–Kier alpha value is -1.05. The van der Waals surface area contributed by atoms with Crippen molar-refractivity contribution >= 4 is 41.6 Å². The highest BCUT2D eigenvalue weighted by atomic mass is 79.9. The van der Waals surface area contributed by atoms with E-state index in [2.05, 4.69) is 27.8 Å². The van der Waals surface area contributed by atoms with Gasteiger partial charge in [0.05, 0.1) is 0 Å². The van der Waals surface area contributed by atoms with E-state index in [1.165, 1.54) is 25.1 Å². The SMILES string of the molecule is C=CCNC(=O)C(C)Oc1ccc(Br)cc1S(=O)(=O)Cl. The number of hydrogen-bond acceptors (Lipinski definition) is 4. The Morgan fingerprint density at radius 2 is 2.25 bits per heavy atom. The Balaban J connectivity index is 2.98. The number of nitrogens with one attached hydrogen (secondary N) is 1. The quantitative estimate of drug-likeness (QED) is 0.606. The van der Waals surface area contributed by atoms with Crippen molar-refractivity contribution < 1.29 is 17.9 Å². The van der Waals surface area contributed by atoms with Crippen LogP contribution in [0.1, 0.15) is 6.92 Å². The molecule has 0 saturated carbocycles. The van der Waals surface area contributed by atoms with Gasteiger partial charge in [-0.2, -0.15) is 0 Å². The predicted octanol–water partition coefficient (Wildman–Crippen LogP) is 2.45. The third-order valence-electron chi connectivity index (χ3n) is 2.26. The van der Waals surface area contributed by atoms with E-state index in [0.29, 0.717) is 11.0 Å². The van der Waals surface area contributed by atoms with E-state index in [1.54, 1.807) is 6.07 Å². The minimum absolute atomic E-state index is 0.0180. The summed E-state index contributed by atoms with van der Waals surface area (Å²) < 4.78 is 28.9. The minimum atomic E-state index is -3.97. The molecule has 5 nitrogen and oxygen atoms in total. The number of benzene rings is 1. The van der Waals surface area contributed by atoms with Crippen molar-refractivity contribution in [3.05, 3.63) is 35.3 Å². The number of halogens is 2. The molecule has 8 heteroatoms. The number of hydrogen-bond donors (Lipinski definition) is 1. The largest absolute Gasteiger partial charge is 0.479 e. The maximum atomic E-state index is 11.7. The van der Waals surface area contributed by atoms with Gasteiger partial charge in [-0.05, 0) is 25.1 Å². The first-order valence-electron chi connectivity index (χ1n) is 5.55. The molecule has 0 heterocycles. The van der Waals surface area contributed by atoms with Crippen molar-refractivity contribution in [1.29, 1.82) is 0 Å². The molecule has 0 aliphatic carbocycles. The normalized spacial score (nSPS) is 12.6. The van der Waals surface area contributed by atoms with Crippen LogP contribution in [0.2, 0.25) is 0 Å². The van der Waals surface area contributed by atoms with E-state index < -0.39 is 15.2 Å². The van der Waals surface area contributed by atoms with Gasteiger partial charge in [0.15, 0.2) is 6.10 Å². The van der Waals surface area contributed by atoms with Crippen LogP contribution >= 0.6 is 26.6 Å². The molecule has 1 atom stereocenters. The van der Waals surface area contributed by atoms with Crippen LogP contribution in [0.3, 0.4) is 0 Å². The highest BCUT2D eigenvalue weighted by Crippen LogP contribution is 2.30. The zero-order valence-electron chi connectivity index (χ0n) is 10.6. The molecule has 0 radical (unpaired) electrons. The third kappa shape index (κ3) is 4.81. The van der Waals surface area contributed by atoms with Crippen LogP contribution in [-0.4, -0.2) is 27.0 Å². The Kier molecular flexibility index (Phi) is 6.04. The average Bonchev–Trinajstić information content (AvgIpc) is 2.36. The second-order valence-corrected chi connectivity index (χ2v) is 7.27. The van der Waals surface area contributed by atoms with Gasteiger partial charge in [0.25, 0.3) is 15.0 Å². The summed E-state index contributed by atoms with van der Waals surface area (Å²) in [6.45, 7) is 5.28. The van der Waals surface area contributed by atoms with E-state index in [-0.39, 0.29) is 16.6 Å². The molecule has 1 aromatic rings. The average molecular weight is 383 g/mol. The number of rotatable bonds is 6. The van der Waals surface area contributed by atoms with Crippen molar-refractivity contribution in [2.24, 2.45) is 0 Å². The van der Waals surface area contributed by atoms with E-state index >= 15 is 0 Å². The van der Waals surface area contributed by atoms with Gasteiger partial charge in [-0.3, -0.25) is 4.79 Å². The molecule has 0 fully saturated rings. The van der Waals surface area contributed by atoms with Crippen molar-refractivity contribution in [3.63, 3.8) is 0 Å². The molecule has 0 aromatic heterocycles. The van der Waals surface area contributed by atoms with E-state index in [0.717, 1.165) is 0 Å². The Labute approximate surface area is 130 Å². The summed E-state index contributed by atoms with van der Waals surface area (Å²) in [4.78, 5) is 11.5. The lowest BCUT2D eigenvalue weighted by Crippen LogP contribution is -2.36. The van der Waals surface area contributed by atoms with Gasteiger partial charge in [-0.15, -0.1) is 6.58 Å². The van der Waals surface area contributed by atoms with Crippen LogP contribution in [0, 0.1) is 0 Å². The molecular formula is C12H13BrClNO4S. The summed E-state index contributed by atoms with van der Waals surface area (Å²) in [6.07, 6.45) is 0.659. The maximum Gasteiger partial charge on any atom is 0.265 e. The summed E-state index contributed by atoms with van der Waals surface area (Å²) >= 11 is 3.15. The van der Waals surface area contributed by atoms with E-state index in [1.807, 2.05) is 0 Å². The van der Waals surface area contributed by atoms with Crippen LogP contribution in [0.4, 0.5) is 0 Å². The summed E-state index contributed by atoms with van der Waals surface area (Å²) in [5.74, 6) is -0.366. The minimum Gasteiger partial charge on any atom is -0.479 e. The van der Waals surface area contributed by atoms with Crippen molar-refractivity contribution in [1.82, 2.24) is 5.32 Å². The third-order valence-corrected chi connectivity index (χ3v) is 4.10. The maximum absolute atomic E-state index is 11.7. The first-order chi connectivity index (χ1) is 9.25. The molecule has 0 aliphatic rings. The molecule has 1 rings (SSSR count). The van der Waals surface area contributed by atoms with Gasteiger partial charge in [-0.25, -0.2) is 8.42 Å². The van der Waals surface area contributed by atoms with Crippen LogP contribution in [0.5, 0.6) is 5.75 Å². The molecular weight excluding hydrogens is 370 g/mol. The molecule has 1 amide bonds. The predicted molar refractivity (Wildman–Crippen MR) is 80.5 cm³/mol. The monoisotopic (exact) mass is 381 g/mol. The van der Waals surface area contributed by atoms with Gasteiger partial charge >= 0.3 is 0 Å². The number of carbonyl (C=O) groups is 1. The lowest BCUT2D eigenvalue weighted by molar-refractivity contribution is -0.127. The summed E-state index contributed by atoms with van der Waals surface area (Å²) in [5.41, 5.74) is 0. The van der Waals surface area contributed by atoms with Gasteiger partial charge < -0.3 is 10.1 Å².